The van der Waals surface area contributed by atoms with Gasteiger partial charge in [0.1, 0.15) is 3.82 Å². The number of amides is 1. The van der Waals surface area contributed by atoms with Gasteiger partial charge in [-0.25, -0.2) is 0 Å². The Labute approximate surface area is 174 Å². The Bertz CT molecular complexity index is 951. The van der Waals surface area contributed by atoms with E-state index in [0.717, 1.165) is 28.2 Å². The highest BCUT2D eigenvalue weighted by Gasteiger charge is 2.44. The molecule has 0 atom stereocenters. The van der Waals surface area contributed by atoms with Gasteiger partial charge in [-0.15, -0.1) is 0 Å². The van der Waals surface area contributed by atoms with Crippen molar-refractivity contribution in [2.45, 2.75) is 52.5 Å². The first-order valence-electron chi connectivity index (χ1n) is 9.72. The summed E-state index contributed by atoms with van der Waals surface area (Å²) < 4.78 is 0.946. The average molecular weight is 420 g/mol. The number of anilines is 1. The third-order valence-corrected chi connectivity index (χ3v) is 9.41. The number of nitrogens with one attached hydrogen (secondary N) is 1. The molecule has 0 spiro atoms. The van der Waals surface area contributed by atoms with E-state index in [1.807, 2.05) is 0 Å². The number of fused-ring (bicyclic) bond motifs is 3. The number of carbonyl (C=O) groups is 1. The Kier molecular flexibility index (Phi) is 5.04. The highest BCUT2D eigenvalue weighted by molar-refractivity contribution is 7.80. The zero-order chi connectivity index (χ0) is 19.3. The van der Waals surface area contributed by atoms with Gasteiger partial charge in [0.25, 0.3) is 5.91 Å². The molecule has 1 amide bonds. The van der Waals surface area contributed by atoms with Crippen molar-refractivity contribution in [3.8, 4) is 11.1 Å². The van der Waals surface area contributed by atoms with Crippen LogP contribution in [0.3, 0.4) is 0 Å². The van der Waals surface area contributed by atoms with Gasteiger partial charge in [0, 0.05) is 11.1 Å². The van der Waals surface area contributed by atoms with Gasteiger partial charge in [0.05, 0.1) is 29.2 Å². The van der Waals surface area contributed by atoms with E-state index in [4.69, 9.17) is 12.2 Å². The first-order valence-corrected chi connectivity index (χ1v) is 12.3. The minimum atomic E-state index is -0.366. The molecule has 0 aliphatic carbocycles. The molecule has 0 bridgehead atoms. The molecule has 2 aliphatic rings. The number of hydrogen-bond donors (Lipinski definition) is 1. The van der Waals surface area contributed by atoms with Gasteiger partial charge in [-0.3, -0.25) is 9.69 Å². The van der Waals surface area contributed by atoms with E-state index in [-0.39, 0.29) is 11.4 Å². The van der Waals surface area contributed by atoms with Crippen molar-refractivity contribution >= 4 is 44.5 Å². The van der Waals surface area contributed by atoms with Crippen LogP contribution in [0.5, 0.6) is 0 Å². The van der Waals surface area contributed by atoms with Gasteiger partial charge < -0.3 is 4.90 Å². The van der Waals surface area contributed by atoms with E-state index < -0.39 is 0 Å². The lowest BCUT2D eigenvalue weighted by molar-refractivity contribution is -0.896. The first kappa shape index (κ1) is 19.2. The van der Waals surface area contributed by atoms with Crippen molar-refractivity contribution in [2.24, 2.45) is 0 Å². The number of aryl methyl sites for hydroxylation is 2. The largest absolute Gasteiger partial charge is 0.327 e. The smallest absolute Gasteiger partial charge is 0.282 e. The number of benzene rings is 1. The molecule has 0 radical (unpaired) electrons. The summed E-state index contributed by atoms with van der Waals surface area (Å²) in [5.41, 5.74) is 5.46. The van der Waals surface area contributed by atoms with Crippen LogP contribution >= 0.6 is 32.9 Å². The van der Waals surface area contributed by atoms with E-state index in [1.54, 1.807) is 20.7 Å². The molecule has 6 heteroatoms. The van der Waals surface area contributed by atoms with Gasteiger partial charge in [0.15, 0.2) is 6.54 Å². The predicted molar refractivity (Wildman–Crippen MR) is 118 cm³/mol. The molecule has 1 aromatic heterocycles. The van der Waals surface area contributed by atoms with Gasteiger partial charge in [-0.05, 0) is 70.2 Å². The zero-order valence-electron chi connectivity index (χ0n) is 16.5. The summed E-state index contributed by atoms with van der Waals surface area (Å²) in [6.45, 7) is 11.4. The topological polar surface area (TPSA) is 24.8 Å². The quantitative estimate of drug-likeness (QED) is 0.574. The van der Waals surface area contributed by atoms with Crippen LogP contribution in [0.15, 0.2) is 12.1 Å². The highest BCUT2D eigenvalue weighted by Crippen LogP contribution is 2.52. The summed E-state index contributed by atoms with van der Waals surface area (Å²) in [6, 6.07) is 4.41. The summed E-state index contributed by atoms with van der Waals surface area (Å²) in [4.78, 5) is 18.3. The molecule has 144 valence electrons. The second-order valence-electron chi connectivity index (χ2n) is 8.39. The van der Waals surface area contributed by atoms with Crippen LogP contribution in [0.2, 0.25) is 0 Å². The fraction of sp³-hybridized carbons (Fsp3) is 0.524. The van der Waals surface area contributed by atoms with Crippen molar-refractivity contribution in [1.29, 1.82) is 0 Å². The molecule has 1 saturated heterocycles. The summed E-state index contributed by atoms with van der Waals surface area (Å²) >= 11 is 5.68. The number of nitrogens with zero attached hydrogens (tertiary/aromatic N) is 1. The van der Waals surface area contributed by atoms with Crippen LogP contribution in [-0.2, 0) is 10.3 Å². The van der Waals surface area contributed by atoms with Crippen molar-refractivity contribution in [1.82, 2.24) is 0 Å². The zero-order valence-corrected chi connectivity index (χ0v) is 18.9. The van der Waals surface area contributed by atoms with E-state index in [0.29, 0.717) is 6.54 Å². The summed E-state index contributed by atoms with van der Waals surface area (Å²) in [6.07, 6.45) is 3.77. The van der Waals surface area contributed by atoms with Crippen LogP contribution in [-0.4, -0.2) is 25.5 Å². The maximum Gasteiger partial charge on any atom is 0.282 e. The third-order valence-electron chi connectivity index (χ3n) is 6.08. The molecule has 1 fully saturated rings. The number of rotatable bonds is 2. The summed E-state index contributed by atoms with van der Waals surface area (Å²) in [5.74, 6) is 0.233. The van der Waals surface area contributed by atoms with Crippen LogP contribution < -0.4 is 9.80 Å². The SMILES string of the molecule is Cc1cc2c(cc1C)N(C(=O)C[NH+]1CCCCC1)C(C)(C)c1ssc(=S)c1-2. The molecular formula is C21H27N2OS3+. The van der Waals surface area contributed by atoms with Crippen molar-refractivity contribution in [3.63, 3.8) is 0 Å². The van der Waals surface area contributed by atoms with E-state index in [9.17, 15) is 4.79 Å². The van der Waals surface area contributed by atoms with Crippen molar-refractivity contribution in [3.05, 3.63) is 32.0 Å². The molecular weight excluding hydrogens is 392 g/mol. The lowest BCUT2D eigenvalue weighted by Crippen LogP contribution is -3.14. The number of carbonyl (C=O) groups excluding carboxylic acids is 1. The summed E-state index contributed by atoms with van der Waals surface area (Å²) in [7, 11) is 3.40. The number of likely N-dealkylation sites (tertiary alicyclic amines) is 1. The van der Waals surface area contributed by atoms with Gasteiger partial charge in [-0.1, -0.05) is 32.9 Å². The van der Waals surface area contributed by atoms with E-state index >= 15 is 0 Å². The molecule has 1 N–H and O–H groups in total. The fourth-order valence-corrected chi connectivity index (χ4v) is 7.73. The average Bonchev–Trinajstić information content (AvgIpc) is 3.01. The minimum absolute atomic E-state index is 0.233. The molecule has 3 heterocycles. The maximum absolute atomic E-state index is 13.5. The molecule has 27 heavy (non-hydrogen) atoms. The third kappa shape index (κ3) is 3.20. The molecule has 0 unspecified atom stereocenters. The molecule has 2 aromatic rings. The number of hydrogen-bond acceptors (Lipinski definition) is 4. The standard InChI is InChI=1S/C21H26N2OS3/c1-13-10-15-16(11-14(13)2)23(17(24)12-22-8-6-5-7-9-22)21(3,4)19-18(15)20(25)27-26-19/h10-11H,5-9,12H2,1-4H3/p+1. The Hall–Kier alpha value is -1.08. The minimum Gasteiger partial charge on any atom is -0.327 e. The predicted octanol–water partition coefficient (Wildman–Crippen LogP) is 4.47. The van der Waals surface area contributed by atoms with E-state index in [2.05, 4.69) is 44.7 Å². The van der Waals surface area contributed by atoms with Crippen LogP contribution in [0.4, 0.5) is 5.69 Å². The van der Waals surface area contributed by atoms with Crippen molar-refractivity contribution < 1.29 is 9.69 Å². The Morgan fingerprint density at radius 2 is 1.81 bits per heavy atom. The molecule has 0 saturated carbocycles. The van der Waals surface area contributed by atoms with Gasteiger partial charge in [0.2, 0.25) is 0 Å². The Morgan fingerprint density at radius 1 is 1.15 bits per heavy atom. The molecule has 4 rings (SSSR count). The summed E-state index contributed by atoms with van der Waals surface area (Å²) in [5, 5.41) is 0. The van der Waals surface area contributed by atoms with E-state index in [1.165, 1.54) is 45.7 Å². The van der Waals surface area contributed by atoms with Crippen LogP contribution in [0.25, 0.3) is 11.1 Å². The lowest BCUT2D eigenvalue weighted by Gasteiger charge is -2.43. The monoisotopic (exact) mass is 419 g/mol. The van der Waals surface area contributed by atoms with Crippen LogP contribution in [0, 0.1) is 17.7 Å². The Morgan fingerprint density at radius 3 is 2.52 bits per heavy atom. The second-order valence-corrected chi connectivity index (χ2v) is 11.2. The second kappa shape index (κ2) is 7.07. The Balaban J connectivity index is 1.83. The van der Waals surface area contributed by atoms with Gasteiger partial charge in [-0.2, -0.15) is 0 Å². The number of quaternary nitrogens is 1. The first-order chi connectivity index (χ1) is 12.8. The van der Waals surface area contributed by atoms with Crippen molar-refractivity contribution in [2.75, 3.05) is 24.5 Å². The normalized spacial score (nSPS) is 18.9. The highest BCUT2D eigenvalue weighted by atomic mass is 32.9. The number of piperidine rings is 1. The molecule has 2 aliphatic heterocycles. The molecule has 1 aromatic carbocycles. The maximum atomic E-state index is 13.5. The fourth-order valence-electron chi connectivity index (χ4n) is 4.45. The molecule has 3 nitrogen and oxygen atoms in total. The lowest BCUT2D eigenvalue weighted by atomic mass is 9.85. The van der Waals surface area contributed by atoms with Gasteiger partial charge >= 0.3 is 0 Å². The van der Waals surface area contributed by atoms with Crippen LogP contribution in [0.1, 0.15) is 49.1 Å².